The molecule has 0 fully saturated rings. The molecule has 1 N–H and O–H groups in total. The first-order valence-electron chi connectivity index (χ1n) is 5.06. The van der Waals surface area contributed by atoms with Crippen LogP contribution in [0.1, 0.15) is 12.3 Å². The Morgan fingerprint density at radius 2 is 2.28 bits per heavy atom. The molecule has 0 aliphatic carbocycles. The summed E-state index contributed by atoms with van der Waals surface area (Å²) in [7, 11) is 0. The van der Waals surface area contributed by atoms with Gasteiger partial charge in [0.1, 0.15) is 5.82 Å². The summed E-state index contributed by atoms with van der Waals surface area (Å²) >= 11 is 3.06. The molecule has 0 saturated carbocycles. The molecule has 7 heteroatoms. The molecule has 0 aliphatic rings. The van der Waals surface area contributed by atoms with E-state index in [0.29, 0.717) is 15.9 Å². The van der Waals surface area contributed by atoms with E-state index in [4.69, 9.17) is 9.63 Å². The number of benzene rings is 1. The quantitative estimate of drug-likeness (QED) is 0.938. The number of carbonyl (C=O) groups is 1. The highest BCUT2D eigenvalue weighted by Crippen LogP contribution is 2.23. The Bertz CT molecular complexity index is 585. The van der Waals surface area contributed by atoms with Crippen molar-refractivity contribution < 1.29 is 18.8 Å². The smallest absolute Gasteiger partial charge is 0.303 e. The number of nitrogens with zero attached hydrogens (tertiary/aromatic N) is 2. The molecule has 0 saturated heterocycles. The zero-order valence-electron chi connectivity index (χ0n) is 9.06. The lowest BCUT2D eigenvalue weighted by Crippen LogP contribution is -1.97. The molecule has 0 unspecified atom stereocenters. The van der Waals surface area contributed by atoms with Gasteiger partial charge in [0.2, 0.25) is 11.7 Å². The van der Waals surface area contributed by atoms with Crippen LogP contribution < -0.4 is 0 Å². The lowest BCUT2D eigenvalue weighted by atomic mass is 10.2. The second kappa shape index (κ2) is 5.26. The lowest BCUT2D eigenvalue weighted by Gasteiger charge is -1.96. The van der Waals surface area contributed by atoms with Crippen molar-refractivity contribution >= 4 is 21.9 Å². The molecular formula is C11H8BrFN2O3. The van der Waals surface area contributed by atoms with E-state index in [2.05, 4.69) is 26.1 Å². The van der Waals surface area contributed by atoms with Crippen molar-refractivity contribution in [1.29, 1.82) is 0 Å². The minimum absolute atomic E-state index is 0.0747. The van der Waals surface area contributed by atoms with Gasteiger partial charge < -0.3 is 9.63 Å². The normalized spacial score (nSPS) is 10.6. The highest BCUT2D eigenvalue weighted by molar-refractivity contribution is 9.10. The standard InChI is InChI=1S/C11H8BrFN2O3/c12-7-5-6(1-2-8(7)13)11-14-9(18-15-11)3-4-10(16)17/h1-2,5H,3-4H2,(H,16,17). The number of rotatable bonds is 4. The summed E-state index contributed by atoms with van der Waals surface area (Å²) < 4.78 is 18.3. The maximum Gasteiger partial charge on any atom is 0.303 e. The number of aliphatic carboxylic acids is 1. The van der Waals surface area contributed by atoms with E-state index >= 15 is 0 Å². The highest BCUT2D eigenvalue weighted by atomic mass is 79.9. The van der Waals surface area contributed by atoms with Gasteiger partial charge in [-0.05, 0) is 34.1 Å². The zero-order chi connectivity index (χ0) is 13.1. The second-order valence-corrected chi connectivity index (χ2v) is 4.39. The maximum absolute atomic E-state index is 13.1. The van der Waals surface area contributed by atoms with Crippen molar-refractivity contribution in [2.24, 2.45) is 0 Å². The third-order valence-electron chi connectivity index (χ3n) is 2.20. The second-order valence-electron chi connectivity index (χ2n) is 3.53. The topological polar surface area (TPSA) is 76.2 Å². The van der Waals surface area contributed by atoms with E-state index in [-0.39, 0.29) is 24.5 Å². The van der Waals surface area contributed by atoms with Crippen LogP contribution in [0.4, 0.5) is 4.39 Å². The number of hydrogen-bond donors (Lipinski definition) is 1. The molecular weight excluding hydrogens is 307 g/mol. The molecule has 0 amide bonds. The fourth-order valence-corrected chi connectivity index (χ4v) is 1.70. The van der Waals surface area contributed by atoms with Crippen LogP contribution in [0.3, 0.4) is 0 Å². The largest absolute Gasteiger partial charge is 0.481 e. The molecule has 0 aliphatic heterocycles. The fraction of sp³-hybridized carbons (Fsp3) is 0.182. The SMILES string of the molecule is O=C(O)CCc1nc(-c2ccc(F)c(Br)c2)no1. The first-order valence-corrected chi connectivity index (χ1v) is 5.85. The predicted molar refractivity (Wildman–Crippen MR) is 63.3 cm³/mol. The molecule has 1 aromatic carbocycles. The minimum Gasteiger partial charge on any atom is -0.481 e. The molecule has 2 aromatic rings. The van der Waals surface area contributed by atoms with Gasteiger partial charge in [-0.15, -0.1) is 0 Å². The van der Waals surface area contributed by atoms with E-state index in [1.54, 1.807) is 0 Å². The minimum atomic E-state index is -0.931. The van der Waals surface area contributed by atoms with Gasteiger partial charge in [-0.1, -0.05) is 5.16 Å². The highest BCUT2D eigenvalue weighted by Gasteiger charge is 2.11. The number of carboxylic acids is 1. The Kier molecular flexibility index (Phi) is 3.71. The van der Waals surface area contributed by atoms with E-state index in [0.717, 1.165) is 0 Å². The van der Waals surface area contributed by atoms with Crippen LogP contribution in [0.2, 0.25) is 0 Å². The van der Waals surface area contributed by atoms with Crippen LogP contribution in [-0.4, -0.2) is 21.2 Å². The van der Waals surface area contributed by atoms with E-state index in [1.807, 2.05) is 0 Å². The fourth-order valence-electron chi connectivity index (χ4n) is 1.32. The Hall–Kier alpha value is -1.76. The van der Waals surface area contributed by atoms with E-state index in [9.17, 15) is 9.18 Å². The number of halogens is 2. The van der Waals surface area contributed by atoms with Gasteiger partial charge in [-0.3, -0.25) is 4.79 Å². The van der Waals surface area contributed by atoms with Crippen LogP contribution in [0.5, 0.6) is 0 Å². The van der Waals surface area contributed by atoms with Crippen LogP contribution in [-0.2, 0) is 11.2 Å². The van der Waals surface area contributed by atoms with Gasteiger partial charge in [-0.2, -0.15) is 4.98 Å². The molecule has 0 bridgehead atoms. The Labute approximate surface area is 110 Å². The van der Waals surface area contributed by atoms with E-state index in [1.165, 1.54) is 18.2 Å². The number of aryl methyl sites for hydroxylation is 1. The summed E-state index contributed by atoms with van der Waals surface area (Å²) in [4.78, 5) is 14.4. The van der Waals surface area contributed by atoms with Gasteiger partial charge >= 0.3 is 5.97 Å². The Balaban J connectivity index is 2.18. The van der Waals surface area contributed by atoms with Gasteiger partial charge in [0.25, 0.3) is 0 Å². The van der Waals surface area contributed by atoms with Crippen LogP contribution in [0, 0.1) is 5.82 Å². The zero-order valence-corrected chi connectivity index (χ0v) is 10.6. The van der Waals surface area contributed by atoms with Crippen molar-refractivity contribution in [3.8, 4) is 11.4 Å². The van der Waals surface area contributed by atoms with Gasteiger partial charge in [0, 0.05) is 12.0 Å². The third kappa shape index (κ3) is 2.92. The summed E-state index contributed by atoms with van der Waals surface area (Å²) in [5.74, 6) is -0.767. The summed E-state index contributed by atoms with van der Waals surface area (Å²) in [6, 6.07) is 4.33. The van der Waals surface area contributed by atoms with Gasteiger partial charge in [0.05, 0.1) is 10.9 Å². The number of aromatic nitrogens is 2. The Morgan fingerprint density at radius 3 is 2.94 bits per heavy atom. The van der Waals surface area contributed by atoms with Crippen LogP contribution >= 0.6 is 15.9 Å². The van der Waals surface area contributed by atoms with E-state index < -0.39 is 5.97 Å². The summed E-state index contributed by atoms with van der Waals surface area (Å²) in [6.07, 6.45) is 0.0967. The molecule has 0 radical (unpaired) electrons. The molecule has 2 rings (SSSR count). The molecule has 0 atom stereocenters. The van der Waals surface area contributed by atoms with Crippen LogP contribution in [0.15, 0.2) is 27.2 Å². The summed E-state index contributed by atoms with van der Waals surface area (Å²) in [5.41, 5.74) is 0.591. The first kappa shape index (κ1) is 12.7. The number of hydrogen-bond acceptors (Lipinski definition) is 4. The van der Waals surface area contributed by atoms with Gasteiger partial charge in [-0.25, -0.2) is 4.39 Å². The van der Waals surface area contributed by atoms with Crippen molar-refractivity contribution in [3.63, 3.8) is 0 Å². The molecule has 18 heavy (non-hydrogen) atoms. The number of carboxylic acid groups (broad SMARTS) is 1. The van der Waals surface area contributed by atoms with Crippen LogP contribution in [0.25, 0.3) is 11.4 Å². The average molecular weight is 315 g/mol. The lowest BCUT2D eigenvalue weighted by molar-refractivity contribution is -0.137. The van der Waals surface area contributed by atoms with Crippen molar-refractivity contribution in [1.82, 2.24) is 10.1 Å². The maximum atomic E-state index is 13.1. The molecule has 5 nitrogen and oxygen atoms in total. The predicted octanol–water partition coefficient (Wildman–Crippen LogP) is 2.66. The average Bonchev–Trinajstić information content (AvgIpc) is 2.79. The van der Waals surface area contributed by atoms with Crippen molar-refractivity contribution in [2.75, 3.05) is 0 Å². The summed E-state index contributed by atoms with van der Waals surface area (Å²) in [6.45, 7) is 0. The van der Waals surface area contributed by atoms with Gasteiger partial charge in [0.15, 0.2) is 0 Å². The first-order chi connectivity index (χ1) is 8.56. The molecule has 1 aromatic heterocycles. The Morgan fingerprint density at radius 1 is 1.50 bits per heavy atom. The molecule has 1 heterocycles. The molecule has 94 valence electrons. The van der Waals surface area contributed by atoms with Crippen molar-refractivity contribution in [2.45, 2.75) is 12.8 Å². The monoisotopic (exact) mass is 314 g/mol. The summed E-state index contributed by atoms with van der Waals surface area (Å²) in [5, 5.41) is 12.2. The van der Waals surface area contributed by atoms with Crippen molar-refractivity contribution in [3.05, 3.63) is 34.4 Å². The third-order valence-corrected chi connectivity index (χ3v) is 2.81. The molecule has 0 spiro atoms.